The third kappa shape index (κ3) is 3.82. The fraction of sp³-hybridized carbons (Fsp3) is 0. The lowest BCUT2D eigenvalue weighted by Crippen LogP contribution is -2.03. The van der Waals surface area contributed by atoms with E-state index in [-0.39, 0.29) is 21.8 Å². The molecule has 0 saturated heterocycles. The molecule has 0 spiro atoms. The lowest BCUT2D eigenvalue weighted by Gasteiger charge is -2.02. The van der Waals surface area contributed by atoms with Crippen molar-refractivity contribution in [2.45, 2.75) is 0 Å². The smallest absolute Gasteiger partial charge is 0.216 e. The van der Waals surface area contributed by atoms with Gasteiger partial charge < -0.3 is 0 Å². The number of benzene rings is 2. The van der Waals surface area contributed by atoms with Gasteiger partial charge in [0.15, 0.2) is 0 Å². The van der Waals surface area contributed by atoms with E-state index in [0.717, 1.165) is 24.3 Å². The van der Waals surface area contributed by atoms with Crippen molar-refractivity contribution in [1.82, 2.24) is 19.9 Å². The molecule has 8 nitrogen and oxygen atoms in total. The van der Waals surface area contributed by atoms with Crippen LogP contribution < -0.4 is 10.7 Å². The van der Waals surface area contributed by atoms with Crippen LogP contribution in [0.4, 0.5) is 17.6 Å². The summed E-state index contributed by atoms with van der Waals surface area (Å²) in [5.74, 6) is -3.93. The highest BCUT2D eigenvalue weighted by Gasteiger charge is 2.19. The molecule has 0 N–H and O–H groups in total. The molecule has 4 aromatic carbocycles. The molecule has 7 rings (SSSR count). The van der Waals surface area contributed by atoms with E-state index in [1.165, 1.54) is 0 Å². The maximum absolute atomic E-state index is 13.8. The largest absolute Gasteiger partial charge is 0.241 e. The Hall–Kier alpha value is -6.14. The summed E-state index contributed by atoms with van der Waals surface area (Å²) in [6.45, 7) is 0. The van der Waals surface area contributed by atoms with Gasteiger partial charge in [0.05, 0.1) is 11.0 Å². The van der Waals surface area contributed by atoms with E-state index >= 15 is 0 Å². The topological polar surface area (TPSA) is 124 Å². The summed E-state index contributed by atoms with van der Waals surface area (Å²) < 4.78 is 55.2. The van der Waals surface area contributed by atoms with Crippen LogP contribution in [-0.4, -0.2) is 19.9 Å². The second-order valence-corrected chi connectivity index (χ2v) is 9.26. The number of rotatable bonds is 2. The first-order chi connectivity index (χ1) is 20.3. The summed E-state index contributed by atoms with van der Waals surface area (Å²) in [7, 11) is 0. The van der Waals surface area contributed by atoms with Gasteiger partial charge in [-0.25, -0.2) is 9.97 Å². The molecule has 0 fully saturated rings. The van der Waals surface area contributed by atoms with Gasteiger partial charge >= 0.3 is 0 Å². The molecule has 7 aromatic rings. The van der Waals surface area contributed by atoms with Crippen molar-refractivity contribution in [1.29, 1.82) is 10.5 Å². The van der Waals surface area contributed by atoms with Crippen molar-refractivity contribution in [2.24, 2.45) is 9.98 Å². The predicted molar refractivity (Wildman–Crippen MR) is 143 cm³/mol. The Morgan fingerprint density at radius 3 is 1.19 bits per heavy atom. The Balaban J connectivity index is 1.54. The molecule has 0 aliphatic carbocycles. The summed E-state index contributed by atoms with van der Waals surface area (Å²) in [4.78, 5) is 23.8. The zero-order valence-corrected chi connectivity index (χ0v) is 20.9. The van der Waals surface area contributed by atoms with Crippen molar-refractivity contribution in [2.75, 3.05) is 0 Å². The van der Waals surface area contributed by atoms with Gasteiger partial charge in [-0.15, -0.1) is 0 Å². The van der Waals surface area contributed by atoms with Crippen LogP contribution in [0.3, 0.4) is 0 Å². The minimum Gasteiger partial charge on any atom is -0.241 e. The molecule has 0 bridgehead atoms. The maximum Gasteiger partial charge on any atom is 0.216 e. The van der Waals surface area contributed by atoms with E-state index < -0.39 is 23.8 Å². The van der Waals surface area contributed by atoms with Crippen LogP contribution in [0.2, 0.25) is 0 Å². The number of nitriles is 2. The van der Waals surface area contributed by atoms with Gasteiger partial charge in [-0.1, -0.05) is 24.3 Å². The molecule has 0 aliphatic heterocycles. The molecule has 42 heavy (non-hydrogen) atoms. The highest BCUT2D eigenvalue weighted by Crippen LogP contribution is 2.32. The molecule has 0 atom stereocenters. The van der Waals surface area contributed by atoms with Gasteiger partial charge in [0.25, 0.3) is 0 Å². The summed E-state index contributed by atoms with van der Waals surface area (Å²) in [5.41, 5.74) is 2.70. The lowest BCUT2D eigenvalue weighted by molar-refractivity contribution is 0.512. The van der Waals surface area contributed by atoms with Crippen LogP contribution in [-0.2, 0) is 0 Å². The summed E-state index contributed by atoms with van der Waals surface area (Å²) in [6, 6.07) is 14.2. The second-order valence-electron chi connectivity index (χ2n) is 9.26. The van der Waals surface area contributed by atoms with Crippen LogP contribution in [0.25, 0.3) is 65.9 Å². The van der Waals surface area contributed by atoms with E-state index in [2.05, 4.69) is 20.0 Å². The average Bonchev–Trinajstić information content (AvgIpc) is 3.42. The number of halogens is 4. The summed E-state index contributed by atoms with van der Waals surface area (Å²) in [5, 5.41) is 21.4. The van der Waals surface area contributed by atoms with Crippen LogP contribution in [0.1, 0.15) is 0 Å². The third-order valence-corrected chi connectivity index (χ3v) is 6.92. The normalized spacial score (nSPS) is 12.5. The van der Waals surface area contributed by atoms with E-state index in [4.69, 9.17) is 9.97 Å². The highest BCUT2D eigenvalue weighted by molar-refractivity contribution is 6.15. The van der Waals surface area contributed by atoms with Gasteiger partial charge in [0, 0.05) is 45.8 Å². The molecule has 198 valence electrons. The molecular weight excluding hydrogens is 548 g/mol. The van der Waals surface area contributed by atoms with Crippen LogP contribution in [0.5, 0.6) is 0 Å². The second kappa shape index (κ2) is 9.21. The number of pyridine rings is 2. The van der Waals surface area contributed by atoms with E-state index in [0.29, 0.717) is 54.7 Å². The first-order valence-electron chi connectivity index (χ1n) is 12.2. The van der Waals surface area contributed by atoms with E-state index in [1.54, 1.807) is 48.8 Å². The van der Waals surface area contributed by atoms with Crippen molar-refractivity contribution in [3.8, 4) is 34.6 Å². The Labute approximate surface area is 231 Å². The van der Waals surface area contributed by atoms with Crippen LogP contribution >= 0.6 is 0 Å². The Morgan fingerprint density at radius 2 is 0.833 bits per heavy atom. The number of hydrogen-bond acceptors (Lipinski definition) is 8. The van der Waals surface area contributed by atoms with Gasteiger partial charge in [-0.2, -0.15) is 48.0 Å². The molecular formula is C30H10F4N8. The SMILES string of the molecule is N#C/N=c1/c2cc(-c3cc(F)nc(F)c3)ccc2c2nc3/c(=N/C#N)c4cc(-c5cc(F)nc(F)c5)ccc4c3nc12. The monoisotopic (exact) mass is 558 g/mol. The van der Waals surface area contributed by atoms with Crippen molar-refractivity contribution >= 4 is 43.6 Å². The van der Waals surface area contributed by atoms with E-state index in [9.17, 15) is 28.1 Å². The molecule has 0 amide bonds. The van der Waals surface area contributed by atoms with Crippen molar-refractivity contribution in [3.63, 3.8) is 0 Å². The summed E-state index contributed by atoms with van der Waals surface area (Å²) in [6.07, 6.45) is 3.55. The summed E-state index contributed by atoms with van der Waals surface area (Å²) >= 11 is 0. The van der Waals surface area contributed by atoms with Gasteiger partial charge in [0.2, 0.25) is 36.2 Å². The Bertz CT molecular complexity index is 2280. The van der Waals surface area contributed by atoms with Gasteiger partial charge in [0.1, 0.15) is 21.7 Å². The third-order valence-electron chi connectivity index (χ3n) is 6.92. The fourth-order valence-corrected chi connectivity index (χ4v) is 5.24. The number of aromatic nitrogens is 4. The molecule has 0 saturated carbocycles. The first kappa shape index (κ1) is 24.9. The Morgan fingerprint density at radius 1 is 0.452 bits per heavy atom. The van der Waals surface area contributed by atoms with Crippen molar-refractivity contribution in [3.05, 3.63) is 95.2 Å². The number of fused-ring (bicyclic) bond motifs is 6. The number of nitrogens with zero attached hydrogens (tertiary/aromatic N) is 8. The highest BCUT2D eigenvalue weighted by atomic mass is 19.1. The molecule has 0 radical (unpaired) electrons. The van der Waals surface area contributed by atoms with Gasteiger partial charge in [-0.3, -0.25) is 0 Å². The van der Waals surface area contributed by atoms with Gasteiger partial charge in [-0.05, 0) is 34.4 Å². The minimum atomic E-state index is -0.982. The molecule has 3 heterocycles. The molecule has 12 heteroatoms. The van der Waals surface area contributed by atoms with Crippen LogP contribution in [0, 0.1) is 46.7 Å². The first-order valence-corrected chi connectivity index (χ1v) is 12.2. The average molecular weight is 558 g/mol. The number of hydrogen-bond donors (Lipinski definition) is 0. The zero-order chi connectivity index (χ0) is 29.1. The van der Waals surface area contributed by atoms with E-state index in [1.807, 2.05) is 0 Å². The maximum atomic E-state index is 13.8. The predicted octanol–water partition coefficient (Wildman–Crippen LogP) is 5.41. The molecule has 0 unspecified atom stereocenters. The zero-order valence-electron chi connectivity index (χ0n) is 20.9. The quantitative estimate of drug-likeness (QED) is 0.159. The van der Waals surface area contributed by atoms with Crippen LogP contribution in [0.15, 0.2) is 70.6 Å². The standard InChI is InChI=1S/C30H10F4N8/c31-21-7-15(8-22(32)39-21)13-1-3-17-19(5-13)25(37-11-35)29-27(17)41-30-26(38-12-36)20-6-14(2-4-18(20)28(30)42-29)16-9-23(33)40-24(34)10-16/h1-10H/b37-25-,38-26+. The molecule has 0 aliphatic rings. The molecule has 3 aromatic heterocycles. The minimum absolute atomic E-state index is 0.209. The van der Waals surface area contributed by atoms with Crippen molar-refractivity contribution < 1.29 is 17.6 Å². The fourth-order valence-electron chi connectivity index (χ4n) is 5.24. The Kier molecular flexibility index (Phi) is 5.46. The lowest BCUT2D eigenvalue weighted by atomic mass is 10.0.